The van der Waals surface area contributed by atoms with Gasteiger partial charge in [-0.15, -0.1) is 0 Å². The first-order valence-corrected chi connectivity index (χ1v) is 7.68. The van der Waals surface area contributed by atoms with E-state index in [1.165, 1.54) is 0 Å². The first-order valence-electron chi connectivity index (χ1n) is 7.68. The molecule has 4 heteroatoms. The summed E-state index contributed by atoms with van der Waals surface area (Å²) < 4.78 is 5.11. The number of carbonyl (C=O) groups excluding carboxylic acids is 1. The molecule has 0 bridgehead atoms. The second-order valence-corrected chi connectivity index (χ2v) is 5.98. The minimum atomic E-state index is -1.04. The highest BCUT2D eigenvalue weighted by Crippen LogP contribution is 2.15. The molecule has 0 fully saturated rings. The van der Waals surface area contributed by atoms with Crippen LogP contribution in [0.4, 0.5) is 0 Å². The fourth-order valence-electron chi connectivity index (χ4n) is 2.53. The number of hydrogen-bond donors (Lipinski definition) is 1. The summed E-state index contributed by atoms with van der Waals surface area (Å²) in [5, 5.41) is 0. The molecule has 1 unspecified atom stereocenters. The van der Waals surface area contributed by atoms with Gasteiger partial charge >= 0.3 is 0 Å². The minimum absolute atomic E-state index is 0.118. The molecule has 0 aromatic heterocycles. The molecule has 122 valence electrons. The van der Waals surface area contributed by atoms with Gasteiger partial charge in [0.1, 0.15) is 5.54 Å². The predicted octanol–water partition coefficient (Wildman–Crippen LogP) is 2.58. The van der Waals surface area contributed by atoms with Crippen molar-refractivity contribution in [1.29, 1.82) is 0 Å². The number of methoxy groups -OCH3 is 1. The molecule has 0 saturated carbocycles. The van der Waals surface area contributed by atoms with Gasteiger partial charge in [-0.1, -0.05) is 60.7 Å². The lowest BCUT2D eigenvalue weighted by molar-refractivity contribution is -0.139. The third kappa shape index (κ3) is 4.91. The average molecular weight is 312 g/mol. The van der Waals surface area contributed by atoms with Crippen LogP contribution in [0.3, 0.4) is 0 Å². The smallest absolute Gasteiger partial charge is 0.245 e. The second-order valence-electron chi connectivity index (χ2n) is 5.98. The molecule has 2 rings (SSSR count). The minimum Gasteiger partial charge on any atom is -0.382 e. The lowest BCUT2D eigenvalue weighted by Gasteiger charge is -2.31. The lowest BCUT2D eigenvalue weighted by Crippen LogP contribution is -2.55. The molecule has 1 amide bonds. The quantitative estimate of drug-likeness (QED) is 0.855. The summed E-state index contributed by atoms with van der Waals surface area (Å²) in [7, 11) is 1.55. The molecule has 0 aliphatic heterocycles. The Morgan fingerprint density at radius 3 is 1.83 bits per heavy atom. The zero-order chi connectivity index (χ0) is 16.7. The molecule has 2 aromatic carbocycles. The first kappa shape index (κ1) is 17.2. The van der Waals surface area contributed by atoms with E-state index in [2.05, 4.69) is 0 Å². The highest BCUT2D eigenvalue weighted by Gasteiger charge is 2.32. The van der Waals surface area contributed by atoms with Crippen molar-refractivity contribution >= 4 is 5.91 Å². The maximum Gasteiger partial charge on any atom is 0.245 e. The van der Waals surface area contributed by atoms with Crippen molar-refractivity contribution in [2.24, 2.45) is 5.73 Å². The summed E-state index contributed by atoms with van der Waals surface area (Å²) in [5.74, 6) is -0.118. The summed E-state index contributed by atoms with van der Waals surface area (Å²) in [4.78, 5) is 14.7. The Labute approximate surface area is 137 Å². The summed E-state index contributed by atoms with van der Waals surface area (Å²) >= 11 is 0. The molecular formula is C19H24N2O2. The van der Waals surface area contributed by atoms with E-state index in [1.807, 2.05) is 60.7 Å². The van der Waals surface area contributed by atoms with Gasteiger partial charge in [0, 0.05) is 20.2 Å². The van der Waals surface area contributed by atoms with E-state index in [4.69, 9.17) is 10.5 Å². The molecule has 23 heavy (non-hydrogen) atoms. The van der Waals surface area contributed by atoms with Gasteiger partial charge in [0.2, 0.25) is 5.91 Å². The third-order valence-corrected chi connectivity index (χ3v) is 3.65. The summed E-state index contributed by atoms with van der Waals surface area (Å²) in [6.07, 6.45) is 0. The fourth-order valence-corrected chi connectivity index (χ4v) is 2.53. The molecular weight excluding hydrogens is 288 g/mol. The van der Waals surface area contributed by atoms with Crippen molar-refractivity contribution in [3.05, 3.63) is 71.8 Å². The van der Waals surface area contributed by atoms with E-state index in [0.717, 1.165) is 11.1 Å². The maximum absolute atomic E-state index is 12.9. The van der Waals surface area contributed by atoms with Crippen molar-refractivity contribution in [1.82, 2.24) is 4.90 Å². The molecule has 1 atom stereocenters. The van der Waals surface area contributed by atoms with Crippen molar-refractivity contribution in [3.63, 3.8) is 0 Å². The highest BCUT2D eigenvalue weighted by molar-refractivity contribution is 5.85. The number of ether oxygens (including phenoxy) is 1. The van der Waals surface area contributed by atoms with Gasteiger partial charge < -0.3 is 15.4 Å². The van der Waals surface area contributed by atoms with Crippen molar-refractivity contribution in [3.8, 4) is 0 Å². The van der Waals surface area contributed by atoms with Gasteiger partial charge in [0.25, 0.3) is 0 Å². The SMILES string of the molecule is COCC(C)(N)C(=O)N(Cc1ccccc1)Cc1ccccc1. The summed E-state index contributed by atoms with van der Waals surface area (Å²) in [6, 6.07) is 19.8. The number of carbonyl (C=O) groups is 1. The topological polar surface area (TPSA) is 55.6 Å². The van der Waals surface area contributed by atoms with Crippen molar-refractivity contribution in [2.45, 2.75) is 25.6 Å². The zero-order valence-corrected chi connectivity index (χ0v) is 13.7. The van der Waals surface area contributed by atoms with Crippen LogP contribution in [0.15, 0.2) is 60.7 Å². The monoisotopic (exact) mass is 312 g/mol. The molecule has 2 N–H and O–H groups in total. The second kappa shape index (κ2) is 7.90. The molecule has 4 nitrogen and oxygen atoms in total. The van der Waals surface area contributed by atoms with Gasteiger partial charge in [0.05, 0.1) is 6.61 Å². The van der Waals surface area contributed by atoms with E-state index in [1.54, 1.807) is 18.9 Å². The number of amides is 1. The molecule has 0 spiro atoms. The zero-order valence-electron chi connectivity index (χ0n) is 13.7. The summed E-state index contributed by atoms with van der Waals surface area (Å²) in [6.45, 7) is 2.93. The van der Waals surface area contributed by atoms with Gasteiger partial charge in [-0.05, 0) is 18.1 Å². The molecule has 0 heterocycles. The van der Waals surface area contributed by atoms with E-state index in [0.29, 0.717) is 13.1 Å². The predicted molar refractivity (Wildman–Crippen MR) is 91.6 cm³/mol. The van der Waals surface area contributed by atoms with Crippen LogP contribution in [0.25, 0.3) is 0 Å². The van der Waals surface area contributed by atoms with Crippen LogP contribution in [0.2, 0.25) is 0 Å². The van der Waals surface area contributed by atoms with E-state index >= 15 is 0 Å². The number of nitrogens with two attached hydrogens (primary N) is 1. The van der Waals surface area contributed by atoms with Crippen LogP contribution < -0.4 is 5.73 Å². The van der Waals surface area contributed by atoms with Crippen molar-refractivity contribution < 1.29 is 9.53 Å². The van der Waals surface area contributed by atoms with Gasteiger partial charge in [-0.2, -0.15) is 0 Å². The first-order chi connectivity index (χ1) is 11.0. The van der Waals surface area contributed by atoms with Gasteiger partial charge in [-0.3, -0.25) is 4.79 Å². The molecule has 2 aromatic rings. The van der Waals surface area contributed by atoms with Crippen LogP contribution in [0.5, 0.6) is 0 Å². The van der Waals surface area contributed by atoms with E-state index in [-0.39, 0.29) is 12.5 Å². The van der Waals surface area contributed by atoms with Gasteiger partial charge in [-0.25, -0.2) is 0 Å². The average Bonchev–Trinajstić information content (AvgIpc) is 2.55. The summed E-state index contributed by atoms with van der Waals surface area (Å²) in [5.41, 5.74) is 7.27. The third-order valence-electron chi connectivity index (χ3n) is 3.65. The maximum atomic E-state index is 12.9. The van der Waals surface area contributed by atoms with Crippen LogP contribution in [-0.2, 0) is 22.6 Å². The number of rotatable bonds is 7. The van der Waals surface area contributed by atoms with Crippen molar-refractivity contribution in [2.75, 3.05) is 13.7 Å². The number of hydrogen-bond acceptors (Lipinski definition) is 3. The number of benzene rings is 2. The Bertz CT molecular complexity index is 570. The van der Waals surface area contributed by atoms with Crippen LogP contribution in [0, 0.1) is 0 Å². The molecule has 0 aliphatic carbocycles. The van der Waals surface area contributed by atoms with Crippen LogP contribution in [0.1, 0.15) is 18.1 Å². The Kier molecular flexibility index (Phi) is 5.90. The lowest BCUT2D eigenvalue weighted by atomic mass is 10.0. The Balaban J connectivity index is 2.22. The van der Waals surface area contributed by atoms with Gasteiger partial charge in [0.15, 0.2) is 0 Å². The fraction of sp³-hybridized carbons (Fsp3) is 0.316. The van der Waals surface area contributed by atoms with E-state index in [9.17, 15) is 4.79 Å². The normalized spacial score (nSPS) is 13.3. The largest absolute Gasteiger partial charge is 0.382 e. The number of nitrogens with zero attached hydrogens (tertiary/aromatic N) is 1. The molecule has 0 aliphatic rings. The highest BCUT2D eigenvalue weighted by atomic mass is 16.5. The standard InChI is InChI=1S/C19H24N2O2/c1-19(20,15-23-2)18(22)21(13-16-9-5-3-6-10-16)14-17-11-7-4-8-12-17/h3-12H,13-15,20H2,1-2H3. The molecule has 0 saturated heterocycles. The van der Waals surface area contributed by atoms with Crippen LogP contribution in [-0.4, -0.2) is 30.1 Å². The van der Waals surface area contributed by atoms with E-state index < -0.39 is 5.54 Å². The Morgan fingerprint density at radius 2 is 1.43 bits per heavy atom. The van der Waals surface area contributed by atoms with Crippen LogP contribution >= 0.6 is 0 Å². The Hall–Kier alpha value is -2.17. The Morgan fingerprint density at radius 1 is 1.00 bits per heavy atom. The molecule has 0 radical (unpaired) electrons.